The normalized spacial score (nSPS) is 16.8. The van der Waals surface area contributed by atoms with Gasteiger partial charge in [0, 0.05) is 13.1 Å². The van der Waals surface area contributed by atoms with Crippen LogP contribution in [-0.2, 0) is 4.74 Å². The van der Waals surface area contributed by atoms with E-state index in [1.165, 1.54) is 0 Å². The molecule has 1 aliphatic heterocycles. The number of nitrogens with zero attached hydrogens (tertiary/aromatic N) is 2. The Hall–Kier alpha value is -1.28. The van der Waals surface area contributed by atoms with E-state index in [0.717, 1.165) is 32.0 Å². The highest BCUT2D eigenvalue weighted by atomic mass is 35.5. The fourth-order valence-electron chi connectivity index (χ4n) is 1.52. The van der Waals surface area contributed by atoms with Gasteiger partial charge in [-0.25, -0.2) is 5.01 Å². The number of hydrogen-bond donors (Lipinski definition) is 1. The highest BCUT2D eigenvalue weighted by molar-refractivity contribution is 6.33. The Kier molecular flexibility index (Phi) is 3.62. The van der Waals surface area contributed by atoms with E-state index < -0.39 is 0 Å². The highest BCUT2D eigenvalue weighted by Gasteiger charge is 2.11. The predicted octanol–water partition coefficient (Wildman–Crippen LogP) is 1.87. The van der Waals surface area contributed by atoms with Crippen LogP contribution in [-0.4, -0.2) is 31.3 Å². The van der Waals surface area contributed by atoms with E-state index in [0.29, 0.717) is 10.6 Å². The topological polar surface area (TPSA) is 48.3 Å². The van der Waals surface area contributed by atoms with Gasteiger partial charge in [0.25, 0.3) is 0 Å². The Labute approximate surface area is 99.3 Å². The molecule has 0 amide bonds. The number of morpholine rings is 1. The third kappa shape index (κ3) is 2.64. The summed E-state index contributed by atoms with van der Waals surface area (Å²) < 4.78 is 5.25. The maximum Gasteiger partial charge on any atom is 0.0992 e. The minimum Gasteiger partial charge on any atom is -0.379 e. The molecule has 4 nitrogen and oxygen atoms in total. The third-order valence-electron chi connectivity index (χ3n) is 2.39. The smallest absolute Gasteiger partial charge is 0.0992 e. The molecule has 1 aromatic rings. The van der Waals surface area contributed by atoms with Crippen LogP contribution in [0.3, 0.4) is 0 Å². The fraction of sp³-hybridized carbons (Fsp3) is 0.364. The molecule has 1 aromatic carbocycles. The number of ether oxygens (including phenoxy) is 1. The molecule has 16 heavy (non-hydrogen) atoms. The van der Waals surface area contributed by atoms with E-state index in [2.05, 4.69) is 16.5 Å². The lowest BCUT2D eigenvalue weighted by molar-refractivity contribution is 0.0497. The van der Waals surface area contributed by atoms with Gasteiger partial charge in [-0.05, 0) is 18.2 Å². The Morgan fingerprint density at radius 2 is 2.12 bits per heavy atom. The lowest BCUT2D eigenvalue weighted by atomic mass is 10.2. The number of nitrogens with one attached hydrogen (secondary N) is 1. The van der Waals surface area contributed by atoms with Gasteiger partial charge in [0.05, 0.1) is 35.6 Å². The third-order valence-corrected chi connectivity index (χ3v) is 2.70. The average molecular weight is 238 g/mol. The Bertz CT molecular complexity index is 410. The van der Waals surface area contributed by atoms with Gasteiger partial charge in [-0.2, -0.15) is 5.26 Å². The average Bonchev–Trinajstić information content (AvgIpc) is 2.33. The Balaban J connectivity index is 2.06. The molecule has 0 aromatic heterocycles. The first-order chi connectivity index (χ1) is 7.79. The van der Waals surface area contributed by atoms with Crippen LogP contribution in [0.5, 0.6) is 0 Å². The zero-order valence-corrected chi connectivity index (χ0v) is 9.50. The van der Waals surface area contributed by atoms with Crippen molar-refractivity contribution in [3.63, 3.8) is 0 Å². The van der Waals surface area contributed by atoms with Crippen LogP contribution in [0.25, 0.3) is 0 Å². The van der Waals surface area contributed by atoms with Gasteiger partial charge >= 0.3 is 0 Å². The van der Waals surface area contributed by atoms with Crippen LogP contribution in [0, 0.1) is 11.3 Å². The van der Waals surface area contributed by atoms with E-state index >= 15 is 0 Å². The first-order valence-electron chi connectivity index (χ1n) is 5.08. The minimum atomic E-state index is 0.561. The molecule has 0 spiro atoms. The molecule has 0 atom stereocenters. The second-order valence-electron chi connectivity index (χ2n) is 3.52. The van der Waals surface area contributed by atoms with Crippen molar-refractivity contribution >= 4 is 17.3 Å². The lowest BCUT2D eigenvalue weighted by Crippen LogP contribution is -2.40. The molecule has 84 valence electrons. The van der Waals surface area contributed by atoms with Crippen LogP contribution in [0.2, 0.25) is 5.02 Å². The van der Waals surface area contributed by atoms with Gasteiger partial charge < -0.3 is 10.2 Å². The molecular weight excluding hydrogens is 226 g/mol. The SMILES string of the molecule is N#Cc1ccc(NN2CCOCC2)c(Cl)c1. The molecule has 1 heterocycles. The maximum absolute atomic E-state index is 8.72. The van der Waals surface area contributed by atoms with Crippen LogP contribution in [0.4, 0.5) is 5.69 Å². The summed E-state index contributed by atoms with van der Waals surface area (Å²) in [5.41, 5.74) is 4.60. The Morgan fingerprint density at radius 3 is 2.75 bits per heavy atom. The van der Waals surface area contributed by atoms with Crippen LogP contribution in [0.15, 0.2) is 18.2 Å². The number of rotatable bonds is 2. The Morgan fingerprint density at radius 1 is 1.38 bits per heavy atom. The van der Waals surface area contributed by atoms with Crippen molar-refractivity contribution in [2.75, 3.05) is 31.7 Å². The first-order valence-corrected chi connectivity index (χ1v) is 5.46. The standard InChI is InChI=1S/C11H12ClN3O/c12-10-7-9(8-13)1-2-11(10)14-15-3-5-16-6-4-15/h1-2,7,14H,3-6H2. The maximum atomic E-state index is 8.72. The van der Waals surface area contributed by atoms with Gasteiger partial charge in [0.1, 0.15) is 0 Å². The molecule has 1 fully saturated rings. The van der Waals surface area contributed by atoms with Crippen LogP contribution < -0.4 is 5.43 Å². The van der Waals surface area contributed by atoms with Crippen LogP contribution >= 0.6 is 11.6 Å². The van der Waals surface area contributed by atoms with Crippen molar-refractivity contribution in [2.45, 2.75) is 0 Å². The second-order valence-corrected chi connectivity index (χ2v) is 3.92. The molecule has 0 radical (unpaired) electrons. The van der Waals surface area contributed by atoms with E-state index in [1.807, 2.05) is 6.07 Å². The van der Waals surface area contributed by atoms with E-state index in [9.17, 15) is 0 Å². The summed E-state index contributed by atoms with van der Waals surface area (Å²) in [6.45, 7) is 3.11. The van der Waals surface area contributed by atoms with E-state index in [4.69, 9.17) is 21.6 Å². The van der Waals surface area contributed by atoms with Crippen molar-refractivity contribution in [3.05, 3.63) is 28.8 Å². The molecule has 2 rings (SSSR count). The summed E-state index contributed by atoms with van der Waals surface area (Å²) in [4.78, 5) is 0. The number of halogens is 1. The fourth-order valence-corrected chi connectivity index (χ4v) is 1.74. The summed E-state index contributed by atoms with van der Waals surface area (Å²) in [7, 11) is 0. The molecule has 0 bridgehead atoms. The number of anilines is 1. The summed E-state index contributed by atoms with van der Waals surface area (Å²) in [5, 5.41) is 11.3. The second kappa shape index (κ2) is 5.17. The van der Waals surface area contributed by atoms with Crippen LogP contribution in [0.1, 0.15) is 5.56 Å². The minimum absolute atomic E-state index is 0.561. The molecule has 0 aliphatic carbocycles. The monoisotopic (exact) mass is 237 g/mol. The summed E-state index contributed by atoms with van der Waals surface area (Å²) in [5.74, 6) is 0. The molecule has 5 heteroatoms. The first kappa shape index (κ1) is 11.2. The number of benzene rings is 1. The van der Waals surface area contributed by atoms with Crippen molar-refractivity contribution in [2.24, 2.45) is 0 Å². The quantitative estimate of drug-likeness (QED) is 0.853. The lowest BCUT2D eigenvalue weighted by Gasteiger charge is -2.28. The predicted molar refractivity (Wildman–Crippen MR) is 62.2 cm³/mol. The van der Waals surface area contributed by atoms with Crippen molar-refractivity contribution in [3.8, 4) is 6.07 Å². The molecule has 1 N–H and O–H groups in total. The van der Waals surface area contributed by atoms with E-state index in [-0.39, 0.29) is 0 Å². The summed E-state index contributed by atoms with van der Waals surface area (Å²) in [6, 6.07) is 7.27. The van der Waals surface area contributed by atoms with Crippen molar-refractivity contribution < 1.29 is 4.74 Å². The largest absolute Gasteiger partial charge is 0.379 e. The molecule has 0 unspecified atom stereocenters. The zero-order valence-electron chi connectivity index (χ0n) is 8.74. The number of hydrazine groups is 1. The van der Waals surface area contributed by atoms with Gasteiger partial charge in [-0.3, -0.25) is 0 Å². The highest BCUT2D eigenvalue weighted by Crippen LogP contribution is 2.23. The molecule has 0 saturated carbocycles. The van der Waals surface area contributed by atoms with Crippen molar-refractivity contribution in [1.29, 1.82) is 5.26 Å². The summed E-state index contributed by atoms with van der Waals surface area (Å²) >= 11 is 6.06. The molecule has 1 saturated heterocycles. The van der Waals surface area contributed by atoms with Gasteiger partial charge in [0.15, 0.2) is 0 Å². The number of nitriles is 1. The zero-order chi connectivity index (χ0) is 11.4. The summed E-state index contributed by atoms with van der Waals surface area (Å²) in [6.07, 6.45) is 0. The molecule has 1 aliphatic rings. The van der Waals surface area contributed by atoms with Crippen molar-refractivity contribution in [1.82, 2.24) is 5.01 Å². The van der Waals surface area contributed by atoms with Gasteiger partial charge in [0.2, 0.25) is 0 Å². The van der Waals surface area contributed by atoms with Gasteiger partial charge in [-0.1, -0.05) is 11.6 Å². The molecular formula is C11H12ClN3O. The number of hydrogen-bond acceptors (Lipinski definition) is 4. The van der Waals surface area contributed by atoms with Gasteiger partial charge in [-0.15, -0.1) is 0 Å². The van der Waals surface area contributed by atoms with E-state index in [1.54, 1.807) is 12.1 Å².